The third-order valence-corrected chi connectivity index (χ3v) is 9.73. The van der Waals surface area contributed by atoms with Crippen LogP contribution in [0.2, 0.25) is 0 Å². The van der Waals surface area contributed by atoms with Crippen LogP contribution >= 0.6 is 0 Å². The van der Waals surface area contributed by atoms with Gasteiger partial charge in [0.1, 0.15) is 6.10 Å². The molecule has 270 valence electrons. The van der Waals surface area contributed by atoms with Crippen LogP contribution in [0.4, 0.5) is 0 Å². The smallest absolute Gasteiger partial charge is 0.249 e. The molecule has 0 aromatic rings. The summed E-state index contributed by atoms with van der Waals surface area (Å²) in [6.07, 6.45) is 39.5. The maximum atomic E-state index is 12.4. The van der Waals surface area contributed by atoms with Gasteiger partial charge in [0.05, 0.1) is 18.8 Å². The minimum Gasteiger partial charge on any atom is -0.394 e. The molecule has 0 saturated carbocycles. The Labute approximate surface area is 281 Å². The summed E-state index contributed by atoms with van der Waals surface area (Å²) < 4.78 is 0. The van der Waals surface area contributed by atoms with E-state index in [1.165, 1.54) is 167 Å². The summed E-state index contributed by atoms with van der Waals surface area (Å²) in [4.78, 5) is 12.4. The number of hydrogen-bond acceptors (Lipinski definition) is 4. The van der Waals surface area contributed by atoms with Gasteiger partial charge in [0.25, 0.3) is 0 Å². The van der Waals surface area contributed by atoms with Crippen LogP contribution in [0.25, 0.3) is 0 Å². The molecule has 5 nitrogen and oxygen atoms in total. The highest BCUT2D eigenvalue weighted by molar-refractivity contribution is 5.80. The molecule has 0 aromatic carbocycles. The molecule has 1 amide bonds. The maximum Gasteiger partial charge on any atom is 0.249 e. The first-order chi connectivity index (χ1) is 22.1. The number of hydrogen-bond donors (Lipinski definition) is 4. The van der Waals surface area contributed by atoms with Gasteiger partial charge in [-0.15, -0.1) is 0 Å². The van der Waals surface area contributed by atoms with E-state index in [4.69, 9.17) is 0 Å². The SMILES string of the molecule is CCCCCCCCCCCCCCCCCCCCC(O)C(=O)N[C@@H](CO)[C@H](O)CCCCCCCCCCCCCCC. The van der Waals surface area contributed by atoms with E-state index in [0.717, 1.165) is 32.1 Å². The average Bonchev–Trinajstić information content (AvgIpc) is 3.04. The standard InChI is InChI=1S/C40H81NO4/c1-3-5-7-9-11-13-15-17-18-19-20-21-23-25-27-29-31-33-35-39(44)40(45)41-37(36-42)38(43)34-32-30-28-26-24-22-16-14-12-10-8-6-4-2/h37-39,42-44H,3-36H2,1-2H3,(H,41,45)/t37-,38+,39?/m0/s1. The Kier molecular flexibility index (Phi) is 35.7. The Hall–Kier alpha value is -0.650. The van der Waals surface area contributed by atoms with Crippen LogP contribution in [0.1, 0.15) is 226 Å². The minimum atomic E-state index is -1.07. The third kappa shape index (κ3) is 31.7. The Morgan fingerprint density at radius 3 is 1.00 bits per heavy atom. The average molecular weight is 640 g/mol. The topological polar surface area (TPSA) is 89.8 Å². The fraction of sp³-hybridized carbons (Fsp3) is 0.975. The van der Waals surface area contributed by atoms with Crippen LogP contribution < -0.4 is 5.32 Å². The Morgan fingerprint density at radius 2 is 0.711 bits per heavy atom. The van der Waals surface area contributed by atoms with Crippen molar-refractivity contribution in [2.24, 2.45) is 0 Å². The molecule has 0 aromatic heterocycles. The molecule has 0 saturated heterocycles. The summed E-state index contributed by atoms with van der Waals surface area (Å²) in [6.45, 7) is 4.23. The molecule has 0 fully saturated rings. The highest BCUT2D eigenvalue weighted by Gasteiger charge is 2.23. The second-order valence-corrected chi connectivity index (χ2v) is 14.2. The van der Waals surface area contributed by atoms with E-state index in [-0.39, 0.29) is 6.61 Å². The predicted molar refractivity (Wildman–Crippen MR) is 195 cm³/mol. The Morgan fingerprint density at radius 1 is 0.444 bits per heavy atom. The molecule has 0 aliphatic carbocycles. The molecule has 0 aliphatic heterocycles. The van der Waals surface area contributed by atoms with Crippen LogP contribution in [-0.2, 0) is 4.79 Å². The number of aliphatic hydroxyl groups is 3. The van der Waals surface area contributed by atoms with Crippen molar-refractivity contribution < 1.29 is 20.1 Å². The van der Waals surface area contributed by atoms with Crippen molar-refractivity contribution in [1.29, 1.82) is 0 Å². The largest absolute Gasteiger partial charge is 0.394 e. The monoisotopic (exact) mass is 640 g/mol. The van der Waals surface area contributed by atoms with Crippen molar-refractivity contribution in [3.05, 3.63) is 0 Å². The van der Waals surface area contributed by atoms with E-state index in [0.29, 0.717) is 12.8 Å². The van der Waals surface area contributed by atoms with Crippen molar-refractivity contribution in [3.63, 3.8) is 0 Å². The van der Waals surface area contributed by atoms with Gasteiger partial charge in [0.2, 0.25) is 5.91 Å². The lowest BCUT2D eigenvalue weighted by atomic mass is 10.0. The van der Waals surface area contributed by atoms with Gasteiger partial charge >= 0.3 is 0 Å². The number of unbranched alkanes of at least 4 members (excludes halogenated alkanes) is 29. The van der Waals surface area contributed by atoms with Crippen LogP contribution in [0.5, 0.6) is 0 Å². The summed E-state index contributed by atoms with van der Waals surface area (Å²) in [5.41, 5.74) is 0. The third-order valence-electron chi connectivity index (χ3n) is 9.73. The van der Waals surface area contributed by atoms with Gasteiger partial charge in [-0.2, -0.15) is 0 Å². The minimum absolute atomic E-state index is 0.308. The van der Waals surface area contributed by atoms with Gasteiger partial charge in [-0.25, -0.2) is 0 Å². The molecule has 0 radical (unpaired) electrons. The highest BCUT2D eigenvalue weighted by Crippen LogP contribution is 2.16. The molecule has 0 heterocycles. The molecular weight excluding hydrogens is 558 g/mol. The second-order valence-electron chi connectivity index (χ2n) is 14.2. The van der Waals surface area contributed by atoms with E-state index in [1.54, 1.807) is 0 Å². The van der Waals surface area contributed by atoms with Crippen molar-refractivity contribution in [1.82, 2.24) is 5.32 Å². The first kappa shape index (κ1) is 44.4. The van der Waals surface area contributed by atoms with Gasteiger partial charge in [-0.05, 0) is 12.8 Å². The summed E-state index contributed by atoms with van der Waals surface area (Å²) >= 11 is 0. The van der Waals surface area contributed by atoms with Crippen LogP contribution in [0.3, 0.4) is 0 Å². The van der Waals surface area contributed by atoms with Crippen molar-refractivity contribution in [2.45, 2.75) is 244 Å². The second kappa shape index (κ2) is 36.2. The predicted octanol–water partition coefficient (Wildman–Crippen LogP) is 11.1. The fourth-order valence-corrected chi connectivity index (χ4v) is 6.49. The van der Waals surface area contributed by atoms with Crippen molar-refractivity contribution >= 4 is 5.91 Å². The number of aliphatic hydroxyl groups excluding tert-OH is 3. The van der Waals surface area contributed by atoms with Gasteiger partial charge in [-0.3, -0.25) is 4.79 Å². The number of nitrogens with one attached hydrogen (secondary N) is 1. The lowest BCUT2D eigenvalue weighted by Gasteiger charge is -2.23. The number of amides is 1. The molecule has 0 bridgehead atoms. The molecule has 4 N–H and O–H groups in total. The van der Waals surface area contributed by atoms with Crippen LogP contribution in [-0.4, -0.2) is 46.1 Å². The van der Waals surface area contributed by atoms with E-state index < -0.39 is 24.2 Å². The van der Waals surface area contributed by atoms with Gasteiger partial charge in [-0.1, -0.05) is 213 Å². The summed E-state index contributed by atoms with van der Waals surface area (Å²) in [6, 6.07) is -0.704. The molecule has 0 rings (SSSR count). The molecule has 45 heavy (non-hydrogen) atoms. The zero-order valence-corrected chi connectivity index (χ0v) is 30.5. The molecule has 0 spiro atoms. The van der Waals surface area contributed by atoms with Gasteiger partial charge in [0.15, 0.2) is 0 Å². The Balaban J connectivity index is 3.60. The molecule has 5 heteroatoms. The van der Waals surface area contributed by atoms with E-state index in [2.05, 4.69) is 19.2 Å². The lowest BCUT2D eigenvalue weighted by molar-refractivity contribution is -0.131. The molecule has 3 atom stereocenters. The normalized spacial score (nSPS) is 13.6. The van der Waals surface area contributed by atoms with Crippen molar-refractivity contribution in [3.8, 4) is 0 Å². The number of carbonyl (C=O) groups excluding carboxylic acids is 1. The zero-order valence-electron chi connectivity index (χ0n) is 30.5. The summed E-state index contributed by atoms with van der Waals surface area (Å²) in [7, 11) is 0. The quantitative estimate of drug-likeness (QED) is 0.0509. The van der Waals surface area contributed by atoms with Gasteiger partial charge in [0, 0.05) is 0 Å². The molecular formula is C40H81NO4. The van der Waals surface area contributed by atoms with Crippen LogP contribution in [0.15, 0.2) is 0 Å². The first-order valence-corrected chi connectivity index (χ1v) is 20.3. The van der Waals surface area contributed by atoms with E-state index in [9.17, 15) is 20.1 Å². The van der Waals surface area contributed by atoms with Gasteiger partial charge < -0.3 is 20.6 Å². The highest BCUT2D eigenvalue weighted by atomic mass is 16.3. The summed E-state index contributed by atoms with van der Waals surface area (Å²) in [5, 5.41) is 33.2. The number of rotatable bonds is 37. The zero-order chi connectivity index (χ0) is 33.1. The first-order valence-electron chi connectivity index (χ1n) is 20.3. The van der Waals surface area contributed by atoms with E-state index in [1.807, 2.05) is 0 Å². The van der Waals surface area contributed by atoms with Crippen LogP contribution in [0, 0.1) is 0 Å². The molecule has 1 unspecified atom stereocenters. The summed E-state index contributed by atoms with van der Waals surface area (Å²) in [5.74, 6) is -0.467. The molecule has 0 aliphatic rings. The lowest BCUT2D eigenvalue weighted by Crippen LogP contribution is -2.49. The Bertz CT molecular complexity index is 587. The van der Waals surface area contributed by atoms with Crippen molar-refractivity contribution in [2.75, 3.05) is 6.61 Å². The fourth-order valence-electron chi connectivity index (χ4n) is 6.49. The maximum absolute atomic E-state index is 12.4. The number of carbonyl (C=O) groups is 1. The van der Waals surface area contributed by atoms with E-state index >= 15 is 0 Å².